The third-order valence-corrected chi connectivity index (χ3v) is 6.08. The number of ether oxygens (including phenoxy) is 1. The summed E-state index contributed by atoms with van der Waals surface area (Å²) in [5, 5.41) is 6.69. The minimum atomic E-state index is -0.957. The summed E-state index contributed by atoms with van der Waals surface area (Å²) < 4.78 is 22.5. The largest absolute Gasteiger partial charge is 0.353 e. The zero-order chi connectivity index (χ0) is 24.1. The molecule has 174 valence electrons. The highest BCUT2D eigenvalue weighted by Crippen LogP contribution is 2.40. The van der Waals surface area contributed by atoms with Gasteiger partial charge < -0.3 is 4.74 Å². The lowest BCUT2D eigenvalue weighted by molar-refractivity contribution is -0.00457. The number of aromatic amines is 1. The van der Waals surface area contributed by atoms with Crippen LogP contribution in [-0.4, -0.2) is 14.8 Å². The molecule has 5 nitrogen and oxygen atoms in total. The van der Waals surface area contributed by atoms with Crippen LogP contribution >= 0.6 is 0 Å². The molecular weight excluding hydrogens is 441 g/mol. The van der Waals surface area contributed by atoms with Gasteiger partial charge in [0.15, 0.2) is 5.82 Å². The highest BCUT2D eigenvalue weighted by molar-refractivity contribution is 5.47. The first kappa shape index (κ1) is 22.5. The van der Waals surface area contributed by atoms with Crippen LogP contribution in [0.25, 0.3) is 0 Å². The van der Waals surface area contributed by atoms with E-state index in [0.29, 0.717) is 11.4 Å². The fourth-order valence-corrected chi connectivity index (χ4v) is 4.36. The van der Waals surface area contributed by atoms with Gasteiger partial charge in [-0.25, -0.2) is 14.3 Å². The van der Waals surface area contributed by atoms with Crippen molar-refractivity contribution in [1.29, 1.82) is 0 Å². The van der Waals surface area contributed by atoms with Crippen molar-refractivity contribution in [3.8, 4) is 0 Å². The Morgan fingerprint density at radius 3 is 1.74 bits per heavy atom. The van der Waals surface area contributed by atoms with Gasteiger partial charge in [0.25, 0.3) is 0 Å². The maximum atomic E-state index is 14.3. The van der Waals surface area contributed by atoms with Crippen molar-refractivity contribution < 1.29 is 9.13 Å². The minimum Gasteiger partial charge on any atom is -0.353 e. The summed E-state index contributed by atoms with van der Waals surface area (Å²) in [5.41, 5.74) is 1.85. The van der Waals surface area contributed by atoms with Crippen LogP contribution in [-0.2, 0) is 23.5 Å². The van der Waals surface area contributed by atoms with Gasteiger partial charge in [0.2, 0.25) is 0 Å². The molecular formula is C29H24FN3O2. The van der Waals surface area contributed by atoms with Gasteiger partial charge in [-0.05, 0) is 22.8 Å². The van der Waals surface area contributed by atoms with E-state index in [1.165, 1.54) is 10.6 Å². The van der Waals surface area contributed by atoms with E-state index in [2.05, 4.69) is 10.2 Å². The standard InChI is InChI=1S/C29H24FN3O2/c30-26-19-11-10-12-22(26)20-33-27(31-32-28(33)34)21-35-29(23-13-4-1-5-14-23,24-15-6-2-7-16-24)25-17-8-3-9-18-25/h1-19H,20-21H2,(H,32,34). The first-order valence-electron chi connectivity index (χ1n) is 11.4. The molecule has 0 spiro atoms. The minimum absolute atomic E-state index is 0.0197. The molecule has 0 radical (unpaired) electrons. The van der Waals surface area contributed by atoms with Crippen LogP contribution in [0.4, 0.5) is 4.39 Å². The lowest BCUT2D eigenvalue weighted by atomic mass is 9.80. The topological polar surface area (TPSA) is 59.9 Å². The summed E-state index contributed by atoms with van der Waals surface area (Å²) in [7, 11) is 0. The lowest BCUT2D eigenvalue weighted by Gasteiger charge is -2.35. The second-order valence-corrected chi connectivity index (χ2v) is 8.19. The molecule has 1 aromatic heterocycles. The molecule has 4 aromatic carbocycles. The van der Waals surface area contributed by atoms with E-state index in [0.717, 1.165) is 16.7 Å². The fourth-order valence-electron chi connectivity index (χ4n) is 4.36. The third kappa shape index (κ3) is 4.44. The molecule has 35 heavy (non-hydrogen) atoms. The Morgan fingerprint density at radius 2 is 1.23 bits per heavy atom. The van der Waals surface area contributed by atoms with Gasteiger partial charge in [-0.2, -0.15) is 5.10 Å². The lowest BCUT2D eigenvalue weighted by Crippen LogP contribution is -2.33. The quantitative estimate of drug-likeness (QED) is 0.318. The van der Waals surface area contributed by atoms with E-state index in [1.807, 2.05) is 91.0 Å². The monoisotopic (exact) mass is 465 g/mol. The van der Waals surface area contributed by atoms with Crippen molar-refractivity contribution in [3.63, 3.8) is 0 Å². The molecule has 0 aliphatic rings. The molecule has 6 heteroatoms. The van der Waals surface area contributed by atoms with E-state index < -0.39 is 11.3 Å². The van der Waals surface area contributed by atoms with Gasteiger partial charge in [-0.3, -0.25) is 4.57 Å². The maximum Gasteiger partial charge on any atom is 0.343 e. The Morgan fingerprint density at radius 1 is 0.743 bits per heavy atom. The molecule has 0 unspecified atom stereocenters. The van der Waals surface area contributed by atoms with Crippen molar-refractivity contribution in [3.05, 3.63) is 160 Å². The zero-order valence-electron chi connectivity index (χ0n) is 19.0. The van der Waals surface area contributed by atoms with E-state index >= 15 is 0 Å². The smallest absolute Gasteiger partial charge is 0.343 e. The van der Waals surface area contributed by atoms with Crippen molar-refractivity contribution in [2.45, 2.75) is 18.8 Å². The highest BCUT2D eigenvalue weighted by atomic mass is 19.1. The Kier molecular flexibility index (Phi) is 6.37. The molecule has 0 saturated carbocycles. The van der Waals surface area contributed by atoms with Gasteiger partial charge in [0, 0.05) is 5.56 Å². The number of hydrogen-bond donors (Lipinski definition) is 1. The van der Waals surface area contributed by atoms with Crippen molar-refractivity contribution in [2.75, 3.05) is 0 Å². The molecule has 0 saturated heterocycles. The van der Waals surface area contributed by atoms with Gasteiger partial charge >= 0.3 is 5.69 Å². The summed E-state index contributed by atoms with van der Waals surface area (Å²) in [6.45, 7) is 0.0710. The van der Waals surface area contributed by atoms with Crippen LogP contribution in [0.5, 0.6) is 0 Å². The van der Waals surface area contributed by atoms with Crippen LogP contribution in [0.1, 0.15) is 28.1 Å². The normalized spacial score (nSPS) is 11.5. The highest BCUT2D eigenvalue weighted by Gasteiger charge is 2.38. The Hall–Kier alpha value is -4.29. The third-order valence-electron chi connectivity index (χ3n) is 6.08. The molecule has 0 fully saturated rings. The molecule has 0 amide bonds. The number of benzene rings is 4. The van der Waals surface area contributed by atoms with Crippen LogP contribution in [0.2, 0.25) is 0 Å². The van der Waals surface area contributed by atoms with Gasteiger partial charge in [0.05, 0.1) is 6.54 Å². The van der Waals surface area contributed by atoms with Crippen LogP contribution < -0.4 is 5.69 Å². The average molecular weight is 466 g/mol. The first-order chi connectivity index (χ1) is 17.2. The molecule has 0 bridgehead atoms. The van der Waals surface area contributed by atoms with Crippen molar-refractivity contribution in [2.24, 2.45) is 0 Å². The SMILES string of the molecule is O=c1[nH]nc(COC(c2ccccc2)(c2ccccc2)c2ccccc2)n1Cc1ccccc1F. The Labute approximate surface area is 202 Å². The number of hydrogen-bond acceptors (Lipinski definition) is 3. The summed E-state index contributed by atoms with van der Waals surface area (Å²) in [5.74, 6) is 0.00472. The molecule has 5 rings (SSSR count). The second-order valence-electron chi connectivity index (χ2n) is 8.19. The summed E-state index contributed by atoms with van der Waals surface area (Å²) in [6, 6.07) is 36.3. The van der Waals surface area contributed by atoms with E-state index in [-0.39, 0.29) is 19.0 Å². The average Bonchev–Trinajstić information content (AvgIpc) is 3.26. The number of nitrogens with zero attached hydrogens (tertiary/aromatic N) is 2. The zero-order valence-corrected chi connectivity index (χ0v) is 19.0. The molecule has 5 aromatic rings. The Bertz CT molecular complexity index is 1350. The maximum absolute atomic E-state index is 14.3. The fraction of sp³-hybridized carbons (Fsp3) is 0.103. The molecule has 0 atom stereocenters. The van der Waals surface area contributed by atoms with E-state index in [1.54, 1.807) is 18.2 Å². The van der Waals surface area contributed by atoms with Crippen LogP contribution in [0.15, 0.2) is 120 Å². The number of aromatic nitrogens is 3. The number of rotatable bonds is 8. The Balaban J connectivity index is 1.59. The molecule has 0 aliphatic heterocycles. The van der Waals surface area contributed by atoms with Crippen LogP contribution in [0.3, 0.4) is 0 Å². The van der Waals surface area contributed by atoms with Crippen molar-refractivity contribution in [1.82, 2.24) is 14.8 Å². The van der Waals surface area contributed by atoms with Gasteiger partial charge in [-0.15, -0.1) is 0 Å². The number of nitrogens with one attached hydrogen (secondary N) is 1. The van der Waals surface area contributed by atoms with E-state index in [9.17, 15) is 9.18 Å². The summed E-state index contributed by atoms with van der Waals surface area (Å²) >= 11 is 0. The van der Waals surface area contributed by atoms with Gasteiger partial charge in [0.1, 0.15) is 18.0 Å². The number of H-pyrrole nitrogens is 1. The van der Waals surface area contributed by atoms with Gasteiger partial charge in [-0.1, -0.05) is 109 Å². The summed E-state index contributed by atoms with van der Waals surface area (Å²) in [4.78, 5) is 12.6. The van der Waals surface area contributed by atoms with Crippen molar-refractivity contribution >= 4 is 0 Å². The molecule has 0 aliphatic carbocycles. The second kappa shape index (κ2) is 9.91. The predicted molar refractivity (Wildman–Crippen MR) is 132 cm³/mol. The molecule has 1 N–H and O–H groups in total. The molecule has 1 heterocycles. The number of halogens is 1. The first-order valence-corrected chi connectivity index (χ1v) is 11.4. The van der Waals surface area contributed by atoms with Crippen LogP contribution in [0, 0.1) is 5.82 Å². The summed E-state index contributed by atoms with van der Waals surface area (Å²) in [6.07, 6.45) is 0. The predicted octanol–water partition coefficient (Wildman–Crippen LogP) is 5.27. The van der Waals surface area contributed by atoms with E-state index in [4.69, 9.17) is 4.74 Å².